The van der Waals surface area contributed by atoms with Gasteiger partial charge in [-0.3, -0.25) is 14.7 Å². The van der Waals surface area contributed by atoms with Crippen LogP contribution in [-0.4, -0.2) is 28.9 Å². The molecule has 2 heterocycles. The smallest absolute Gasteiger partial charge is 0.253 e. The second kappa shape index (κ2) is 10.0. The fraction of sp³-hybridized carbons (Fsp3) is 0.333. The molecule has 5 heteroatoms. The van der Waals surface area contributed by atoms with Crippen molar-refractivity contribution in [1.82, 2.24) is 15.2 Å². The maximum atomic E-state index is 13.2. The third kappa shape index (κ3) is 5.40. The van der Waals surface area contributed by atoms with Gasteiger partial charge in [0.25, 0.3) is 5.91 Å². The molecule has 1 saturated heterocycles. The van der Waals surface area contributed by atoms with Gasteiger partial charge in [-0.15, -0.1) is 0 Å². The quantitative estimate of drug-likeness (QED) is 0.587. The number of amides is 1. The number of benzene rings is 2. The lowest BCUT2D eigenvalue weighted by molar-refractivity contribution is 0.0948. The normalized spacial score (nSPS) is 15.0. The van der Waals surface area contributed by atoms with E-state index in [0.29, 0.717) is 12.1 Å². The second-order valence-corrected chi connectivity index (χ2v) is 8.67. The summed E-state index contributed by atoms with van der Waals surface area (Å²) in [5, 5.41) is 3.08. The summed E-state index contributed by atoms with van der Waals surface area (Å²) >= 11 is 0. The number of pyridine rings is 1. The lowest BCUT2D eigenvalue weighted by atomic mass is 9.89. The first kappa shape index (κ1) is 22.2. The molecule has 1 aliphatic rings. The van der Waals surface area contributed by atoms with E-state index >= 15 is 0 Å². The summed E-state index contributed by atoms with van der Waals surface area (Å²) in [7, 11) is 0. The monoisotopic (exact) mass is 431 g/mol. The zero-order valence-electron chi connectivity index (χ0n) is 18.8. The number of halogens is 1. The highest BCUT2D eigenvalue weighted by atomic mass is 19.1. The van der Waals surface area contributed by atoms with Gasteiger partial charge in [-0.05, 0) is 80.7 Å². The van der Waals surface area contributed by atoms with Crippen molar-refractivity contribution in [3.8, 4) is 0 Å². The number of piperidine rings is 1. The second-order valence-electron chi connectivity index (χ2n) is 8.67. The predicted molar refractivity (Wildman–Crippen MR) is 125 cm³/mol. The molecule has 4 nitrogen and oxygen atoms in total. The minimum atomic E-state index is -0.203. The number of hydrogen-bond acceptors (Lipinski definition) is 3. The van der Waals surface area contributed by atoms with Crippen LogP contribution in [0.15, 0.2) is 60.7 Å². The lowest BCUT2D eigenvalue weighted by Gasteiger charge is -2.32. The van der Waals surface area contributed by atoms with E-state index in [9.17, 15) is 9.18 Å². The number of likely N-dealkylation sites (tertiary alicyclic amines) is 1. The number of hydrogen-bond donors (Lipinski definition) is 1. The van der Waals surface area contributed by atoms with Crippen molar-refractivity contribution in [2.45, 2.75) is 45.7 Å². The van der Waals surface area contributed by atoms with Crippen LogP contribution < -0.4 is 5.32 Å². The molecule has 0 unspecified atom stereocenters. The van der Waals surface area contributed by atoms with Gasteiger partial charge < -0.3 is 5.32 Å². The summed E-state index contributed by atoms with van der Waals surface area (Å²) in [5.74, 6) is -0.00529. The Kier molecular flexibility index (Phi) is 6.96. The molecule has 1 aliphatic heterocycles. The molecule has 0 saturated carbocycles. The molecule has 1 fully saturated rings. The third-order valence-corrected chi connectivity index (χ3v) is 6.30. The van der Waals surface area contributed by atoms with Crippen molar-refractivity contribution >= 4 is 5.91 Å². The minimum absolute atomic E-state index is 0.0653. The van der Waals surface area contributed by atoms with Crippen LogP contribution in [0.4, 0.5) is 4.39 Å². The van der Waals surface area contributed by atoms with Gasteiger partial charge in [-0.25, -0.2) is 4.39 Å². The van der Waals surface area contributed by atoms with Crippen LogP contribution in [0.3, 0.4) is 0 Å². The Labute approximate surface area is 189 Å². The van der Waals surface area contributed by atoms with Crippen molar-refractivity contribution < 1.29 is 9.18 Å². The minimum Gasteiger partial charge on any atom is -0.348 e. The number of nitrogens with zero attached hydrogens (tertiary/aromatic N) is 2. The first-order valence-electron chi connectivity index (χ1n) is 11.3. The summed E-state index contributed by atoms with van der Waals surface area (Å²) in [6, 6.07) is 18.6. The Morgan fingerprint density at radius 1 is 1.03 bits per heavy atom. The molecule has 32 heavy (non-hydrogen) atoms. The van der Waals surface area contributed by atoms with E-state index in [1.165, 1.54) is 17.7 Å². The number of carbonyl (C=O) groups is 1. The van der Waals surface area contributed by atoms with Crippen LogP contribution in [-0.2, 0) is 13.1 Å². The van der Waals surface area contributed by atoms with E-state index in [-0.39, 0.29) is 17.6 Å². The predicted octanol–water partition coefficient (Wildman–Crippen LogP) is 5.15. The van der Waals surface area contributed by atoms with Crippen LogP contribution in [0.25, 0.3) is 0 Å². The molecule has 3 aromatic rings. The van der Waals surface area contributed by atoms with E-state index < -0.39 is 0 Å². The van der Waals surface area contributed by atoms with Gasteiger partial charge in [0.2, 0.25) is 0 Å². The van der Waals surface area contributed by atoms with Gasteiger partial charge in [0, 0.05) is 24.7 Å². The van der Waals surface area contributed by atoms with Crippen LogP contribution in [0.1, 0.15) is 57.2 Å². The van der Waals surface area contributed by atoms with E-state index in [4.69, 9.17) is 4.98 Å². The highest BCUT2D eigenvalue weighted by Gasteiger charge is 2.26. The van der Waals surface area contributed by atoms with E-state index in [1.807, 2.05) is 49.4 Å². The standard InChI is InChI=1S/C27H30FN3O/c1-19-5-3-4-6-23(19)17-29-27(32)25-12-7-20(2)30-26(25)22-13-15-31(16-14-22)18-21-8-10-24(28)11-9-21/h3-12,22H,13-18H2,1-2H3,(H,29,32). The van der Waals surface area contributed by atoms with Gasteiger partial charge >= 0.3 is 0 Å². The zero-order valence-corrected chi connectivity index (χ0v) is 18.8. The number of rotatable bonds is 6. The number of aryl methyl sites for hydroxylation is 2. The molecule has 0 aliphatic carbocycles. The Hall–Kier alpha value is -3.05. The summed E-state index contributed by atoms with van der Waals surface area (Å²) in [4.78, 5) is 20.2. The van der Waals surface area contributed by atoms with Gasteiger partial charge in [0.15, 0.2) is 0 Å². The largest absolute Gasteiger partial charge is 0.348 e. The first-order chi connectivity index (χ1) is 15.5. The molecular weight excluding hydrogens is 401 g/mol. The fourth-order valence-electron chi connectivity index (χ4n) is 4.37. The lowest BCUT2D eigenvalue weighted by Crippen LogP contribution is -2.34. The molecular formula is C27H30FN3O. The molecule has 2 aromatic carbocycles. The maximum absolute atomic E-state index is 13.2. The molecule has 166 valence electrons. The topological polar surface area (TPSA) is 45.2 Å². The molecule has 0 radical (unpaired) electrons. The Balaban J connectivity index is 1.41. The Morgan fingerprint density at radius 3 is 2.47 bits per heavy atom. The highest BCUT2D eigenvalue weighted by Crippen LogP contribution is 2.30. The van der Waals surface area contributed by atoms with Crippen molar-refractivity contribution in [3.63, 3.8) is 0 Å². The SMILES string of the molecule is Cc1ccc(C(=O)NCc2ccccc2C)c(C2CCN(Cc3ccc(F)cc3)CC2)n1. The maximum Gasteiger partial charge on any atom is 0.253 e. The summed E-state index contributed by atoms with van der Waals surface area (Å²) in [6.07, 6.45) is 1.91. The average Bonchev–Trinajstić information content (AvgIpc) is 2.80. The van der Waals surface area contributed by atoms with E-state index in [1.54, 1.807) is 0 Å². The molecule has 0 atom stereocenters. The van der Waals surface area contributed by atoms with Gasteiger partial charge in [-0.2, -0.15) is 0 Å². The molecule has 1 N–H and O–H groups in total. The molecule has 1 aromatic heterocycles. The van der Waals surface area contributed by atoms with Gasteiger partial charge in [0.1, 0.15) is 5.82 Å². The summed E-state index contributed by atoms with van der Waals surface area (Å²) in [6.45, 7) is 7.22. The fourth-order valence-corrected chi connectivity index (χ4v) is 4.37. The van der Waals surface area contributed by atoms with Crippen molar-refractivity contribution in [1.29, 1.82) is 0 Å². The molecule has 0 spiro atoms. The highest BCUT2D eigenvalue weighted by molar-refractivity contribution is 5.95. The van der Waals surface area contributed by atoms with Crippen LogP contribution in [0.5, 0.6) is 0 Å². The average molecular weight is 432 g/mol. The summed E-state index contributed by atoms with van der Waals surface area (Å²) in [5.41, 5.74) is 5.94. The van der Waals surface area contributed by atoms with Crippen LogP contribution >= 0.6 is 0 Å². The van der Waals surface area contributed by atoms with E-state index in [0.717, 1.165) is 55.0 Å². The van der Waals surface area contributed by atoms with Crippen LogP contribution in [0.2, 0.25) is 0 Å². The number of nitrogens with one attached hydrogen (secondary N) is 1. The van der Waals surface area contributed by atoms with Crippen molar-refractivity contribution in [3.05, 3.63) is 100 Å². The van der Waals surface area contributed by atoms with Gasteiger partial charge in [0.05, 0.1) is 11.3 Å². The Morgan fingerprint density at radius 2 is 1.75 bits per heavy atom. The molecule has 4 rings (SSSR count). The number of aromatic nitrogens is 1. The third-order valence-electron chi connectivity index (χ3n) is 6.30. The van der Waals surface area contributed by atoms with Gasteiger partial charge in [-0.1, -0.05) is 36.4 Å². The first-order valence-corrected chi connectivity index (χ1v) is 11.3. The van der Waals surface area contributed by atoms with Crippen molar-refractivity contribution in [2.75, 3.05) is 13.1 Å². The van der Waals surface area contributed by atoms with Crippen molar-refractivity contribution in [2.24, 2.45) is 0 Å². The van der Waals surface area contributed by atoms with E-state index in [2.05, 4.69) is 23.2 Å². The Bertz CT molecular complexity index is 1070. The number of carbonyl (C=O) groups excluding carboxylic acids is 1. The molecule has 0 bridgehead atoms. The zero-order chi connectivity index (χ0) is 22.5. The molecule has 1 amide bonds. The summed E-state index contributed by atoms with van der Waals surface area (Å²) < 4.78 is 13.2. The van der Waals surface area contributed by atoms with Crippen LogP contribution in [0, 0.1) is 19.7 Å².